The van der Waals surface area contributed by atoms with Gasteiger partial charge >= 0.3 is 0 Å². The average Bonchev–Trinajstić information content (AvgIpc) is 2.69. The Labute approximate surface area is 165 Å². The van der Waals surface area contributed by atoms with Gasteiger partial charge in [0.25, 0.3) is 0 Å². The molecule has 0 aliphatic heterocycles. The molecule has 3 saturated carbocycles. The van der Waals surface area contributed by atoms with Crippen molar-refractivity contribution in [3.05, 3.63) is 0 Å². The molecule has 4 atom stereocenters. The van der Waals surface area contributed by atoms with Crippen LogP contribution in [-0.4, -0.2) is 37.3 Å². The van der Waals surface area contributed by atoms with Gasteiger partial charge in [0.2, 0.25) is 5.92 Å². The summed E-state index contributed by atoms with van der Waals surface area (Å²) < 4.78 is 60.6. The number of rotatable bonds is 5. The number of carbonyl (C=O) groups is 1. The molecule has 0 heterocycles. The summed E-state index contributed by atoms with van der Waals surface area (Å²) >= 11 is 0. The first-order chi connectivity index (χ1) is 13.2. The van der Waals surface area contributed by atoms with Gasteiger partial charge in [-0.3, -0.25) is 4.79 Å². The quantitative estimate of drug-likeness (QED) is 0.530. The molecule has 2 nitrogen and oxygen atoms in total. The zero-order valence-corrected chi connectivity index (χ0v) is 17.0. The van der Waals surface area contributed by atoms with Gasteiger partial charge in [0, 0.05) is 18.9 Å². The fraction of sp³-hybridized carbons (Fsp3) is 0.955. The third-order valence-corrected chi connectivity index (χ3v) is 7.80. The maximum Gasteiger partial charge on any atom is 0.248 e. The lowest BCUT2D eigenvalue weighted by Crippen LogP contribution is -2.46. The average molecular weight is 407 g/mol. The van der Waals surface area contributed by atoms with Crippen LogP contribution in [0.3, 0.4) is 0 Å². The summed E-state index contributed by atoms with van der Waals surface area (Å²) in [4.78, 5) is 12.8. The molecule has 3 rings (SSSR count). The lowest BCUT2D eigenvalue weighted by molar-refractivity contribution is -0.137. The molecule has 3 fully saturated rings. The molecule has 0 aromatic heterocycles. The minimum absolute atomic E-state index is 0.113. The number of hydrogen-bond acceptors (Lipinski definition) is 2. The number of halogens is 4. The van der Waals surface area contributed by atoms with Crippen molar-refractivity contribution in [1.82, 2.24) is 0 Å². The summed E-state index contributed by atoms with van der Waals surface area (Å²) in [6, 6.07) is 0. The fourth-order valence-corrected chi connectivity index (χ4v) is 5.91. The van der Waals surface area contributed by atoms with E-state index in [4.69, 9.17) is 4.74 Å². The summed E-state index contributed by atoms with van der Waals surface area (Å²) in [6.07, 6.45) is 2.59. The van der Waals surface area contributed by atoms with Gasteiger partial charge in [0.05, 0.1) is 12.0 Å². The van der Waals surface area contributed by atoms with Crippen LogP contribution in [0.25, 0.3) is 0 Å². The Morgan fingerprint density at radius 2 is 1.36 bits per heavy atom. The van der Waals surface area contributed by atoms with E-state index in [1.165, 1.54) is 7.11 Å². The Hall–Kier alpha value is -0.650. The van der Waals surface area contributed by atoms with Crippen LogP contribution < -0.4 is 0 Å². The van der Waals surface area contributed by atoms with Crippen molar-refractivity contribution in [2.75, 3.05) is 7.11 Å². The van der Waals surface area contributed by atoms with Gasteiger partial charge in [-0.1, -0.05) is 0 Å². The van der Waals surface area contributed by atoms with Crippen molar-refractivity contribution in [2.45, 2.75) is 95.5 Å². The normalized spacial score (nSPS) is 42.9. The highest BCUT2D eigenvalue weighted by molar-refractivity contribution is 5.84. The monoisotopic (exact) mass is 406 g/mol. The SMILES string of the molecule is COC1CCC(C(=O)C2CCC(C3CCC(C(C)(F)F)CC3)CC2)C(F)C1F. The first-order valence-electron chi connectivity index (χ1n) is 10.9. The highest BCUT2D eigenvalue weighted by atomic mass is 19.3. The largest absolute Gasteiger partial charge is 0.378 e. The van der Waals surface area contributed by atoms with Crippen molar-refractivity contribution in [3.8, 4) is 0 Å². The van der Waals surface area contributed by atoms with Crippen LogP contribution >= 0.6 is 0 Å². The molecular weight excluding hydrogens is 372 g/mol. The molecule has 3 aliphatic carbocycles. The predicted molar refractivity (Wildman–Crippen MR) is 99.8 cm³/mol. The summed E-state index contributed by atoms with van der Waals surface area (Å²) in [7, 11) is 1.38. The molecule has 3 aliphatic rings. The molecule has 0 aromatic rings. The van der Waals surface area contributed by atoms with Crippen molar-refractivity contribution in [3.63, 3.8) is 0 Å². The van der Waals surface area contributed by atoms with Gasteiger partial charge in [0.15, 0.2) is 6.17 Å². The Balaban J connectivity index is 1.47. The molecule has 0 bridgehead atoms. The van der Waals surface area contributed by atoms with E-state index in [9.17, 15) is 22.4 Å². The highest BCUT2D eigenvalue weighted by Gasteiger charge is 2.46. The molecule has 0 radical (unpaired) electrons. The fourth-order valence-electron chi connectivity index (χ4n) is 5.91. The Morgan fingerprint density at radius 3 is 1.86 bits per heavy atom. The first kappa shape index (κ1) is 22.0. The van der Waals surface area contributed by atoms with Gasteiger partial charge in [-0.2, -0.15) is 0 Å². The Bertz CT molecular complexity index is 519. The molecule has 0 aromatic carbocycles. The zero-order valence-electron chi connectivity index (χ0n) is 17.0. The van der Waals surface area contributed by atoms with Crippen molar-refractivity contribution < 1.29 is 27.1 Å². The smallest absolute Gasteiger partial charge is 0.248 e. The van der Waals surface area contributed by atoms with Gasteiger partial charge in [0.1, 0.15) is 12.0 Å². The van der Waals surface area contributed by atoms with Crippen LogP contribution in [0.1, 0.15) is 71.1 Å². The van der Waals surface area contributed by atoms with E-state index in [1.807, 2.05) is 0 Å². The second kappa shape index (κ2) is 9.01. The van der Waals surface area contributed by atoms with Crippen LogP contribution in [0.4, 0.5) is 17.6 Å². The molecule has 162 valence electrons. The van der Waals surface area contributed by atoms with Crippen LogP contribution in [0.5, 0.6) is 0 Å². The third kappa shape index (κ3) is 4.73. The lowest BCUT2D eigenvalue weighted by atomic mass is 9.66. The molecule has 4 unspecified atom stereocenters. The third-order valence-electron chi connectivity index (χ3n) is 7.80. The summed E-state index contributed by atoms with van der Waals surface area (Å²) in [5, 5.41) is 0. The van der Waals surface area contributed by atoms with E-state index >= 15 is 0 Å². The van der Waals surface area contributed by atoms with E-state index in [1.54, 1.807) is 0 Å². The molecule has 0 saturated heterocycles. The number of Topliss-reactive ketones (excluding diaryl/α,β-unsaturated/α-hetero) is 1. The van der Waals surface area contributed by atoms with E-state index in [0.717, 1.165) is 45.4 Å². The second-order valence-corrected chi connectivity index (χ2v) is 9.43. The molecular formula is C22H34F4O2. The van der Waals surface area contributed by atoms with Crippen LogP contribution in [0.2, 0.25) is 0 Å². The van der Waals surface area contributed by atoms with Crippen molar-refractivity contribution in [1.29, 1.82) is 0 Å². The van der Waals surface area contributed by atoms with Crippen LogP contribution in [0, 0.1) is 29.6 Å². The number of alkyl halides is 4. The van der Waals surface area contributed by atoms with E-state index in [2.05, 4.69) is 0 Å². The standard InChI is InChI=1S/C22H34F4O2/c1-22(25,26)16-9-7-14(8-10-16)13-3-5-15(6-4-13)21(27)17-11-12-18(28-2)20(24)19(17)23/h13-20H,3-12H2,1-2H3. The van der Waals surface area contributed by atoms with E-state index < -0.39 is 36.2 Å². The van der Waals surface area contributed by atoms with E-state index in [-0.39, 0.29) is 11.7 Å². The van der Waals surface area contributed by atoms with Gasteiger partial charge in [-0.25, -0.2) is 17.6 Å². The maximum atomic E-state index is 14.4. The molecule has 28 heavy (non-hydrogen) atoms. The topological polar surface area (TPSA) is 26.3 Å². The van der Waals surface area contributed by atoms with Crippen LogP contribution in [-0.2, 0) is 9.53 Å². The maximum absolute atomic E-state index is 14.4. The molecule has 6 heteroatoms. The van der Waals surface area contributed by atoms with Crippen molar-refractivity contribution in [2.24, 2.45) is 29.6 Å². The molecule has 0 amide bonds. The van der Waals surface area contributed by atoms with Gasteiger partial charge < -0.3 is 4.74 Å². The second-order valence-electron chi connectivity index (χ2n) is 9.43. The molecule has 0 N–H and O–H groups in total. The number of methoxy groups -OCH3 is 1. The number of carbonyl (C=O) groups excluding carboxylic acids is 1. The number of hydrogen-bond donors (Lipinski definition) is 0. The first-order valence-corrected chi connectivity index (χ1v) is 10.9. The predicted octanol–water partition coefficient (Wildman–Crippen LogP) is 5.92. The summed E-state index contributed by atoms with van der Waals surface area (Å²) in [5.74, 6) is -3.27. The minimum atomic E-state index is -2.59. The van der Waals surface area contributed by atoms with Gasteiger partial charge in [-0.05, 0) is 83.0 Å². The Morgan fingerprint density at radius 1 is 0.821 bits per heavy atom. The van der Waals surface area contributed by atoms with Crippen molar-refractivity contribution >= 4 is 5.78 Å². The Kier molecular flexibility index (Phi) is 7.09. The minimum Gasteiger partial charge on any atom is -0.378 e. The summed E-state index contributed by atoms with van der Waals surface area (Å²) in [5.41, 5.74) is 0. The number of ether oxygens (including phenoxy) is 1. The van der Waals surface area contributed by atoms with Crippen LogP contribution in [0.15, 0.2) is 0 Å². The molecule has 0 spiro atoms. The summed E-state index contributed by atoms with van der Waals surface area (Å²) in [6.45, 7) is 1.02. The van der Waals surface area contributed by atoms with Gasteiger partial charge in [-0.15, -0.1) is 0 Å². The zero-order chi connectivity index (χ0) is 20.5. The lowest BCUT2D eigenvalue weighted by Gasteiger charge is -2.40. The number of ketones is 1. The van der Waals surface area contributed by atoms with E-state index in [0.29, 0.717) is 37.5 Å². The highest BCUT2D eigenvalue weighted by Crippen LogP contribution is 2.45.